The number of alkyl halides is 3. The van der Waals surface area contributed by atoms with Gasteiger partial charge in [-0.2, -0.15) is 18.3 Å². The SMILES string of the molecule is Nc1ccc2[nH]nc(C(=O)NCCOCC(F)(F)F)c2c1. The van der Waals surface area contributed by atoms with Crippen LogP contribution in [0.2, 0.25) is 0 Å². The van der Waals surface area contributed by atoms with Crippen LogP contribution in [0.15, 0.2) is 18.2 Å². The molecule has 6 nitrogen and oxygen atoms in total. The van der Waals surface area contributed by atoms with Crippen molar-refractivity contribution in [2.45, 2.75) is 6.18 Å². The van der Waals surface area contributed by atoms with E-state index in [1.807, 2.05) is 0 Å². The van der Waals surface area contributed by atoms with E-state index in [4.69, 9.17) is 5.73 Å². The summed E-state index contributed by atoms with van der Waals surface area (Å²) in [5, 5.41) is 9.51. The highest BCUT2D eigenvalue weighted by Crippen LogP contribution is 2.18. The fraction of sp³-hybridized carbons (Fsp3) is 0.333. The molecule has 0 unspecified atom stereocenters. The molecule has 0 fully saturated rings. The Morgan fingerprint density at radius 3 is 2.90 bits per heavy atom. The maximum Gasteiger partial charge on any atom is 0.411 e. The van der Waals surface area contributed by atoms with E-state index in [-0.39, 0.29) is 18.8 Å². The zero-order valence-corrected chi connectivity index (χ0v) is 10.8. The molecule has 0 saturated carbocycles. The number of halogens is 3. The summed E-state index contributed by atoms with van der Waals surface area (Å²) in [5.41, 5.74) is 6.88. The van der Waals surface area contributed by atoms with E-state index < -0.39 is 18.7 Å². The molecule has 0 saturated heterocycles. The third-order valence-corrected chi connectivity index (χ3v) is 2.60. The number of carbonyl (C=O) groups excluding carboxylic acids is 1. The van der Waals surface area contributed by atoms with Crippen LogP contribution in [0.4, 0.5) is 18.9 Å². The highest BCUT2D eigenvalue weighted by molar-refractivity contribution is 6.05. The van der Waals surface area contributed by atoms with Crippen molar-refractivity contribution in [2.75, 3.05) is 25.5 Å². The van der Waals surface area contributed by atoms with Gasteiger partial charge in [0.25, 0.3) is 5.91 Å². The number of nitrogen functional groups attached to an aromatic ring is 1. The van der Waals surface area contributed by atoms with Crippen LogP contribution < -0.4 is 11.1 Å². The first kappa shape index (κ1) is 15.1. The van der Waals surface area contributed by atoms with Crippen LogP contribution >= 0.6 is 0 Å². The van der Waals surface area contributed by atoms with Crippen molar-refractivity contribution < 1.29 is 22.7 Å². The number of ether oxygens (including phenoxy) is 1. The normalized spacial score (nSPS) is 11.8. The molecule has 1 aromatic heterocycles. The molecule has 1 amide bonds. The van der Waals surface area contributed by atoms with E-state index in [1.165, 1.54) is 0 Å². The molecule has 0 aliphatic heterocycles. The predicted molar refractivity (Wildman–Crippen MR) is 69.7 cm³/mol. The van der Waals surface area contributed by atoms with Crippen molar-refractivity contribution in [1.82, 2.24) is 15.5 Å². The van der Waals surface area contributed by atoms with Gasteiger partial charge in [0.15, 0.2) is 5.69 Å². The summed E-state index contributed by atoms with van der Waals surface area (Å²) in [4.78, 5) is 11.9. The standard InChI is InChI=1S/C12H13F3N4O2/c13-12(14,15)6-21-4-3-17-11(20)10-8-5-7(16)1-2-9(8)18-19-10/h1-2,5H,3-4,6,16H2,(H,17,20)(H,18,19). The van der Waals surface area contributed by atoms with E-state index in [0.717, 1.165) is 0 Å². The number of anilines is 1. The number of hydrogen-bond donors (Lipinski definition) is 3. The molecule has 9 heteroatoms. The summed E-state index contributed by atoms with van der Waals surface area (Å²) >= 11 is 0. The molecule has 2 rings (SSSR count). The second kappa shape index (κ2) is 6.00. The van der Waals surface area contributed by atoms with Crippen molar-refractivity contribution in [1.29, 1.82) is 0 Å². The number of aromatic nitrogens is 2. The first-order valence-corrected chi connectivity index (χ1v) is 6.03. The zero-order valence-electron chi connectivity index (χ0n) is 10.8. The van der Waals surface area contributed by atoms with Gasteiger partial charge in [0, 0.05) is 17.6 Å². The van der Waals surface area contributed by atoms with E-state index in [2.05, 4.69) is 20.3 Å². The number of nitrogens with zero attached hydrogens (tertiary/aromatic N) is 1. The lowest BCUT2D eigenvalue weighted by atomic mass is 10.2. The van der Waals surface area contributed by atoms with Gasteiger partial charge in [-0.1, -0.05) is 0 Å². The van der Waals surface area contributed by atoms with Gasteiger partial charge in [-0.15, -0.1) is 0 Å². The monoisotopic (exact) mass is 302 g/mol. The number of nitrogens with one attached hydrogen (secondary N) is 2. The number of rotatable bonds is 5. The molecule has 0 bridgehead atoms. The Balaban J connectivity index is 1.89. The molecule has 0 spiro atoms. The Kier molecular flexibility index (Phi) is 4.32. The summed E-state index contributed by atoms with van der Waals surface area (Å²) in [5.74, 6) is -0.512. The fourth-order valence-electron chi connectivity index (χ4n) is 1.71. The van der Waals surface area contributed by atoms with Gasteiger partial charge >= 0.3 is 6.18 Å². The Hall–Kier alpha value is -2.29. The predicted octanol–water partition coefficient (Wildman–Crippen LogP) is 1.45. The summed E-state index contributed by atoms with van der Waals surface area (Å²) in [6, 6.07) is 4.93. The average Bonchev–Trinajstić information content (AvgIpc) is 2.79. The first-order valence-electron chi connectivity index (χ1n) is 6.03. The minimum absolute atomic E-state index is 0.0500. The Bertz CT molecular complexity index is 639. The summed E-state index contributed by atoms with van der Waals surface area (Å²) in [6.07, 6.45) is -4.38. The number of H-pyrrole nitrogens is 1. The lowest BCUT2D eigenvalue weighted by Crippen LogP contribution is -2.29. The lowest BCUT2D eigenvalue weighted by molar-refractivity contribution is -0.173. The van der Waals surface area contributed by atoms with E-state index in [1.54, 1.807) is 18.2 Å². The number of nitrogens with two attached hydrogens (primary N) is 1. The number of fused-ring (bicyclic) bond motifs is 1. The highest BCUT2D eigenvalue weighted by atomic mass is 19.4. The van der Waals surface area contributed by atoms with Crippen molar-refractivity contribution in [3.8, 4) is 0 Å². The van der Waals surface area contributed by atoms with Gasteiger partial charge in [0.1, 0.15) is 6.61 Å². The Morgan fingerprint density at radius 2 is 2.19 bits per heavy atom. The minimum atomic E-state index is -4.38. The van der Waals surface area contributed by atoms with Gasteiger partial charge in [-0.25, -0.2) is 0 Å². The van der Waals surface area contributed by atoms with Crippen LogP contribution in [0.25, 0.3) is 10.9 Å². The van der Waals surface area contributed by atoms with Gasteiger partial charge in [0.05, 0.1) is 12.1 Å². The van der Waals surface area contributed by atoms with Crippen molar-refractivity contribution in [2.24, 2.45) is 0 Å². The number of amides is 1. The Morgan fingerprint density at radius 1 is 1.43 bits per heavy atom. The summed E-state index contributed by atoms with van der Waals surface area (Å²) < 4.78 is 39.9. The highest BCUT2D eigenvalue weighted by Gasteiger charge is 2.27. The number of carbonyl (C=O) groups is 1. The van der Waals surface area contributed by atoms with Gasteiger partial charge in [0.2, 0.25) is 0 Å². The summed E-state index contributed by atoms with van der Waals surface area (Å²) in [6.45, 7) is -1.63. The smallest absolute Gasteiger partial charge is 0.399 e. The molecule has 1 heterocycles. The molecule has 114 valence electrons. The maximum atomic E-state index is 11.9. The first-order chi connectivity index (χ1) is 9.87. The van der Waals surface area contributed by atoms with Gasteiger partial charge < -0.3 is 15.8 Å². The minimum Gasteiger partial charge on any atom is -0.399 e. The number of hydrogen-bond acceptors (Lipinski definition) is 4. The molecule has 0 aliphatic rings. The molecule has 4 N–H and O–H groups in total. The molecule has 2 aromatic rings. The number of benzene rings is 1. The van der Waals surface area contributed by atoms with Gasteiger partial charge in [-0.3, -0.25) is 9.89 Å². The van der Waals surface area contributed by atoms with Crippen molar-refractivity contribution in [3.63, 3.8) is 0 Å². The maximum absolute atomic E-state index is 11.9. The topological polar surface area (TPSA) is 93.0 Å². The van der Waals surface area contributed by atoms with Gasteiger partial charge in [-0.05, 0) is 18.2 Å². The molecular weight excluding hydrogens is 289 g/mol. The van der Waals surface area contributed by atoms with E-state index >= 15 is 0 Å². The molecular formula is C12H13F3N4O2. The summed E-state index contributed by atoms with van der Waals surface area (Å²) in [7, 11) is 0. The molecule has 21 heavy (non-hydrogen) atoms. The second-order valence-corrected chi connectivity index (χ2v) is 4.30. The fourth-order valence-corrected chi connectivity index (χ4v) is 1.71. The lowest BCUT2D eigenvalue weighted by Gasteiger charge is -2.08. The van der Waals surface area contributed by atoms with Crippen molar-refractivity contribution >= 4 is 22.5 Å². The van der Waals surface area contributed by atoms with E-state index in [9.17, 15) is 18.0 Å². The average molecular weight is 302 g/mol. The number of aromatic amines is 1. The molecule has 0 atom stereocenters. The van der Waals surface area contributed by atoms with Crippen LogP contribution in [0.5, 0.6) is 0 Å². The van der Waals surface area contributed by atoms with E-state index in [0.29, 0.717) is 16.6 Å². The molecule has 0 radical (unpaired) electrons. The molecule has 1 aromatic carbocycles. The Labute approximate surface area is 117 Å². The third-order valence-electron chi connectivity index (χ3n) is 2.60. The van der Waals surface area contributed by atoms with Crippen LogP contribution in [0, 0.1) is 0 Å². The third kappa shape index (κ3) is 4.09. The largest absolute Gasteiger partial charge is 0.411 e. The van der Waals surface area contributed by atoms with Crippen LogP contribution in [-0.2, 0) is 4.74 Å². The second-order valence-electron chi connectivity index (χ2n) is 4.30. The molecule has 0 aliphatic carbocycles. The quantitative estimate of drug-likeness (QED) is 0.576. The van der Waals surface area contributed by atoms with Crippen LogP contribution in [-0.4, -0.2) is 42.0 Å². The van der Waals surface area contributed by atoms with Crippen molar-refractivity contribution in [3.05, 3.63) is 23.9 Å². The van der Waals surface area contributed by atoms with Crippen LogP contribution in [0.3, 0.4) is 0 Å². The van der Waals surface area contributed by atoms with Crippen LogP contribution in [0.1, 0.15) is 10.5 Å². The zero-order chi connectivity index (χ0) is 15.5.